The normalized spacial score (nSPS) is 21.4. The standard InChI is InChI=1S/C23H32N4S/c1-5-11-27-14-16(25-23(28)26(6-2)7-3)12-19-17-9-8-10-20-22(17)18(13-21(19)27)15(4)24-20/h8-10,12,16,21,24H,5-7,11,13-14H2,1-4H3,(H,25,28)/t16-,21+/m0/s1. The van der Waals surface area contributed by atoms with E-state index in [4.69, 9.17) is 12.2 Å². The predicted octanol–water partition coefficient (Wildman–Crippen LogP) is 4.09. The van der Waals surface area contributed by atoms with Crippen molar-refractivity contribution in [2.24, 2.45) is 0 Å². The van der Waals surface area contributed by atoms with Gasteiger partial charge in [0.25, 0.3) is 0 Å². The molecule has 4 nitrogen and oxygen atoms in total. The van der Waals surface area contributed by atoms with Crippen LogP contribution in [0.2, 0.25) is 0 Å². The molecule has 1 aliphatic carbocycles. The summed E-state index contributed by atoms with van der Waals surface area (Å²) in [6.45, 7) is 12.8. The lowest BCUT2D eigenvalue weighted by atomic mass is 9.80. The van der Waals surface area contributed by atoms with Gasteiger partial charge in [0.1, 0.15) is 0 Å². The first kappa shape index (κ1) is 19.5. The minimum atomic E-state index is 0.253. The van der Waals surface area contributed by atoms with Crippen LogP contribution in [0.4, 0.5) is 0 Å². The summed E-state index contributed by atoms with van der Waals surface area (Å²) in [4.78, 5) is 8.48. The third-order valence-corrected chi connectivity index (χ3v) is 6.71. The second-order valence-corrected chi connectivity index (χ2v) is 8.41. The van der Waals surface area contributed by atoms with Crippen LogP contribution in [0.25, 0.3) is 16.5 Å². The number of hydrogen-bond acceptors (Lipinski definition) is 2. The molecule has 0 fully saturated rings. The summed E-state index contributed by atoms with van der Waals surface area (Å²) in [6.07, 6.45) is 4.72. The first-order valence-corrected chi connectivity index (χ1v) is 11.1. The van der Waals surface area contributed by atoms with E-state index in [1.54, 1.807) is 0 Å². The van der Waals surface area contributed by atoms with Crippen LogP contribution >= 0.6 is 12.2 Å². The van der Waals surface area contributed by atoms with Crippen molar-refractivity contribution >= 4 is 33.8 Å². The second kappa shape index (κ2) is 7.88. The molecule has 0 saturated carbocycles. The van der Waals surface area contributed by atoms with E-state index in [1.807, 2.05) is 0 Å². The number of nitrogens with one attached hydrogen (secondary N) is 2. The van der Waals surface area contributed by atoms with Crippen molar-refractivity contribution in [2.75, 3.05) is 26.2 Å². The molecular formula is C23H32N4S. The van der Waals surface area contributed by atoms with E-state index in [0.29, 0.717) is 6.04 Å². The van der Waals surface area contributed by atoms with Crippen LogP contribution in [0.5, 0.6) is 0 Å². The van der Waals surface area contributed by atoms with E-state index in [-0.39, 0.29) is 6.04 Å². The van der Waals surface area contributed by atoms with Gasteiger partial charge in [-0.3, -0.25) is 4.90 Å². The smallest absolute Gasteiger partial charge is 0.169 e. The number of nitrogens with zero attached hydrogens (tertiary/aromatic N) is 2. The van der Waals surface area contributed by atoms with Gasteiger partial charge < -0.3 is 15.2 Å². The Kier molecular flexibility index (Phi) is 5.48. The monoisotopic (exact) mass is 396 g/mol. The predicted molar refractivity (Wildman–Crippen MR) is 123 cm³/mol. The zero-order valence-electron chi connectivity index (χ0n) is 17.5. The summed E-state index contributed by atoms with van der Waals surface area (Å²) in [6, 6.07) is 7.40. The molecule has 1 aliphatic heterocycles. The summed E-state index contributed by atoms with van der Waals surface area (Å²) < 4.78 is 0. The molecule has 0 bridgehead atoms. The number of benzene rings is 1. The van der Waals surface area contributed by atoms with Crippen molar-refractivity contribution in [1.29, 1.82) is 0 Å². The number of hydrogen-bond donors (Lipinski definition) is 2. The Morgan fingerprint density at radius 2 is 2.07 bits per heavy atom. The fourth-order valence-corrected chi connectivity index (χ4v) is 5.39. The number of H-pyrrole nitrogens is 1. The quantitative estimate of drug-likeness (QED) is 0.746. The molecule has 4 rings (SSSR count). The lowest BCUT2D eigenvalue weighted by molar-refractivity contribution is 0.212. The van der Waals surface area contributed by atoms with Crippen LogP contribution in [-0.4, -0.2) is 58.2 Å². The van der Waals surface area contributed by atoms with Gasteiger partial charge in [0.15, 0.2) is 5.11 Å². The molecule has 0 amide bonds. The molecule has 2 atom stereocenters. The molecule has 1 aromatic heterocycles. The van der Waals surface area contributed by atoms with E-state index in [9.17, 15) is 0 Å². The van der Waals surface area contributed by atoms with Crippen LogP contribution in [0.3, 0.4) is 0 Å². The number of aryl methyl sites for hydroxylation is 1. The lowest BCUT2D eigenvalue weighted by Gasteiger charge is -2.42. The van der Waals surface area contributed by atoms with Gasteiger partial charge in [-0.2, -0.15) is 0 Å². The molecule has 0 saturated heterocycles. The average Bonchev–Trinajstić information content (AvgIpc) is 3.00. The molecule has 1 aromatic carbocycles. The van der Waals surface area contributed by atoms with Crippen LogP contribution in [-0.2, 0) is 6.42 Å². The molecule has 0 radical (unpaired) electrons. The Labute approximate surface area is 174 Å². The molecule has 28 heavy (non-hydrogen) atoms. The summed E-state index contributed by atoms with van der Waals surface area (Å²) in [5.74, 6) is 0. The summed E-state index contributed by atoms with van der Waals surface area (Å²) in [5.41, 5.74) is 6.95. The molecule has 5 heteroatoms. The van der Waals surface area contributed by atoms with Gasteiger partial charge in [-0.05, 0) is 75.1 Å². The summed E-state index contributed by atoms with van der Waals surface area (Å²) >= 11 is 5.70. The van der Waals surface area contributed by atoms with Crippen molar-refractivity contribution in [3.8, 4) is 0 Å². The maximum Gasteiger partial charge on any atom is 0.169 e. The van der Waals surface area contributed by atoms with E-state index >= 15 is 0 Å². The van der Waals surface area contributed by atoms with Gasteiger partial charge in [-0.25, -0.2) is 0 Å². The lowest BCUT2D eigenvalue weighted by Crippen LogP contribution is -2.54. The molecule has 0 spiro atoms. The van der Waals surface area contributed by atoms with Crippen molar-refractivity contribution in [1.82, 2.24) is 20.1 Å². The molecule has 150 valence electrons. The third kappa shape index (κ3) is 3.25. The fourth-order valence-electron chi connectivity index (χ4n) is 4.98. The molecule has 2 heterocycles. The maximum absolute atomic E-state index is 5.70. The summed E-state index contributed by atoms with van der Waals surface area (Å²) in [5, 5.41) is 5.93. The highest BCUT2D eigenvalue weighted by molar-refractivity contribution is 7.80. The van der Waals surface area contributed by atoms with Gasteiger partial charge in [0.05, 0.1) is 6.04 Å². The Morgan fingerprint density at radius 3 is 2.79 bits per heavy atom. The number of fused-ring (bicyclic) bond motifs is 2. The fraction of sp³-hybridized carbons (Fsp3) is 0.522. The molecule has 0 unspecified atom stereocenters. The van der Waals surface area contributed by atoms with Crippen molar-refractivity contribution in [3.05, 3.63) is 41.1 Å². The summed E-state index contributed by atoms with van der Waals surface area (Å²) in [7, 11) is 0. The van der Waals surface area contributed by atoms with E-state index < -0.39 is 0 Å². The van der Waals surface area contributed by atoms with E-state index in [0.717, 1.165) is 37.7 Å². The highest BCUT2D eigenvalue weighted by Gasteiger charge is 2.36. The minimum Gasteiger partial charge on any atom is -0.358 e. The van der Waals surface area contributed by atoms with Gasteiger partial charge in [-0.1, -0.05) is 25.1 Å². The Hall–Kier alpha value is -1.85. The number of thiocarbonyl (C=S) groups is 1. The third-order valence-electron chi connectivity index (χ3n) is 6.33. The maximum atomic E-state index is 5.70. The zero-order chi connectivity index (χ0) is 19.8. The number of rotatable bonds is 5. The number of aromatic amines is 1. The molecule has 2 aliphatic rings. The van der Waals surface area contributed by atoms with Crippen LogP contribution < -0.4 is 5.32 Å². The first-order valence-electron chi connectivity index (χ1n) is 10.7. The van der Waals surface area contributed by atoms with Crippen LogP contribution in [0.15, 0.2) is 24.3 Å². The molecular weight excluding hydrogens is 364 g/mol. The average molecular weight is 397 g/mol. The van der Waals surface area contributed by atoms with Crippen LogP contribution in [0, 0.1) is 6.92 Å². The Morgan fingerprint density at radius 1 is 1.29 bits per heavy atom. The van der Waals surface area contributed by atoms with E-state index in [1.165, 1.54) is 39.7 Å². The van der Waals surface area contributed by atoms with Gasteiger partial charge in [0.2, 0.25) is 0 Å². The SMILES string of the molecule is CCCN1C[C@@H](NC(=S)N(CC)CC)C=C2c3cccc4[nH]c(C)c(c34)C[C@H]21. The molecule has 2 N–H and O–H groups in total. The second-order valence-electron chi connectivity index (χ2n) is 8.02. The zero-order valence-corrected chi connectivity index (χ0v) is 18.3. The van der Waals surface area contributed by atoms with Gasteiger partial charge in [0, 0.05) is 42.3 Å². The first-order chi connectivity index (χ1) is 13.6. The molecule has 2 aromatic rings. The highest BCUT2D eigenvalue weighted by Crippen LogP contribution is 2.41. The van der Waals surface area contributed by atoms with Gasteiger partial charge in [-0.15, -0.1) is 0 Å². The Balaban J connectivity index is 1.74. The van der Waals surface area contributed by atoms with Crippen molar-refractivity contribution in [3.63, 3.8) is 0 Å². The van der Waals surface area contributed by atoms with Crippen LogP contribution in [0.1, 0.15) is 44.0 Å². The largest absolute Gasteiger partial charge is 0.358 e. The topological polar surface area (TPSA) is 34.3 Å². The van der Waals surface area contributed by atoms with Crippen molar-refractivity contribution in [2.45, 2.75) is 52.6 Å². The number of aromatic nitrogens is 1. The minimum absolute atomic E-state index is 0.253. The highest BCUT2D eigenvalue weighted by atomic mass is 32.1. The van der Waals surface area contributed by atoms with Crippen molar-refractivity contribution < 1.29 is 0 Å². The Bertz CT molecular complexity index is 909. The van der Waals surface area contributed by atoms with E-state index in [2.05, 4.69) is 72.1 Å². The van der Waals surface area contributed by atoms with Gasteiger partial charge >= 0.3 is 0 Å².